The summed E-state index contributed by atoms with van der Waals surface area (Å²) in [6.07, 6.45) is 8.21. The average Bonchev–Trinajstić information content (AvgIpc) is 3.07. The molecule has 1 saturated carbocycles. The van der Waals surface area contributed by atoms with Crippen LogP contribution in [0, 0.1) is 5.92 Å². The number of aliphatic hydroxyl groups is 1. The highest BCUT2D eigenvalue weighted by atomic mass is 16.3. The largest absolute Gasteiger partial charge is 0.391 e. The van der Waals surface area contributed by atoms with E-state index in [1.165, 1.54) is 29.0 Å². The maximum absolute atomic E-state index is 12.4. The van der Waals surface area contributed by atoms with Crippen LogP contribution in [0.15, 0.2) is 34.8 Å². The second-order valence-corrected chi connectivity index (χ2v) is 7.68. The lowest BCUT2D eigenvalue weighted by atomic mass is 9.99. The Morgan fingerprint density at radius 1 is 1.29 bits per heavy atom. The van der Waals surface area contributed by atoms with Crippen LogP contribution in [0.3, 0.4) is 0 Å². The molecule has 1 heterocycles. The molecule has 28 heavy (non-hydrogen) atoms. The molecule has 2 aliphatic carbocycles. The van der Waals surface area contributed by atoms with E-state index in [2.05, 4.69) is 16.7 Å². The quantitative estimate of drug-likeness (QED) is 0.642. The summed E-state index contributed by atoms with van der Waals surface area (Å²) in [5, 5.41) is 16.0. The third kappa shape index (κ3) is 4.90. The van der Waals surface area contributed by atoms with E-state index in [1.807, 2.05) is 6.92 Å². The van der Waals surface area contributed by atoms with Gasteiger partial charge in [-0.3, -0.25) is 14.4 Å². The number of allylic oxidation sites excluding steroid dienone is 1. The van der Waals surface area contributed by atoms with Crippen molar-refractivity contribution in [3.8, 4) is 0 Å². The minimum absolute atomic E-state index is 0.0761. The third-order valence-electron chi connectivity index (χ3n) is 5.69. The number of aliphatic hydroxyl groups excluding tert-OH is 1. The van der Waals surface area contributed by atoms with Crippen molar-refractivity contribution in [1.82, 2.24) is 15.2 Å². The number of carbonyl (C=O) groups excluding carboxylic acids is 2. The minimum atomic E-state index is -0.774. The fourth-order valence-corrected chi connectivity index (χ4v) is 3.96. The van der Waals surface area contributed by atoms with Crippen molar-refractivity contribution in [1.29, 1.82) is 0 Å². The van der Waals surface area contributed by atoms with Gasteiger partial charge in [0.2, 0.25) is 5.91 Å². The van der Waals surface area contributed by atoms with Gasteiger partial charge in [0.25, 0.3) is 11.5 Å². The van der Waals surface area contributed by atoms with Crippen molar-refractivity contribution in [2.75, 3.05) is 6.54 Å². The van der Waals surface area contributed by atoms with Gasteiger partial charge >= 0.3 is 0 Å². The van der Waals surface area contributed by atoms with Gasteiger partial charge in [-0.05, 0) is 51.5 Å². The monoisotopic (exact) mass is 387 g/mol. The number of nitrogens with one attached hydrogen (secondary N) is 2. The van der Waals surface area contributed by atoms with Crippen molar-refractivity contribution in [3.05, 3.63) is 45.9 Å². The van der Waals surface area contributed by atoms with Gasteiger partial charge in [-0.1, -0.05) is 11.6 Å². The highest BCUT2D eigenvalue weighted by molar-refractivity contribution is 5.94. The van der Waals surface area contributed by atoms with Crippen LogP contribution in [0.4, 0.5) is 0 Å². The Kier molecular flexibility index (Phi) is 6.67. The van der Waals surface area contributed by atoms with Gasteiger partial charge in [0.1, 0.15) is 0 Å². The van der Waals surface area contributed by atoms with E-state index in [4.69, 9.17) is 0 Å². The first-order chi connectivity index (χ1) is 13.5. The summed E-state index contributed by atoms with van der Waals surface area (Å²) in [6, 6.07) is 2.39. The molecule has 1 fully saturated rings. The molecule has 1 aromatic heterocycles. The third-order valence-corrected chi connectivity index (χ3v) is 5.69. The molecule has 0 aliphatic heterocycles. The molecule has 1 aromatic rings. The number of hydrogen-bond donors (Lipinski definition) is 3. The van der Waals surface area contributed by atoms with E-state index in [0.717, 1.165) is 12.8 Å². The summed E-state index contributed by atoms with van der Waals surface area (Å²) in [4.78, 5) is 36.8. The van der Waals surface area contributed by atoms with Gasteiger partial charge in [0, 0.05) is 36.8 Å². The highest BCUT2D eigenvalue weighted by Crippen LogP contribution is 2.27. The summed E-state index contributed by atoms with van der Waals surface area (Å²) in [6.45, 7) is 2.96. The Balaban J connectivity index is 1.53. The number of pyridine rings is 1. The molecule has 2 aliphatic rings. The van der Waals surface area contributed by atoms with Crippen LogP contribution in [-0.2, 0) is 11.3 Å². The standard InChI is InChI=1S/C21H29N3O4/c1-2-24-9-8-15(12-19(24)26)21(28)23-17-10-16(11-18(17)25)20(27)22-13-14-6-4-3-5-7-14/h6,8-9,12,16-18,25H,2-5,7,10-11,13H2,1H3,(H,22,27)(H,23,28)/t16-,17-,18-/m0/s1. The zero-order valence-electron chi connectivity index (χ0n) is 16.3. The predicted octanol–water partition coefficient (Wildman–Crippen LogP) is 1.35. The fourth-order valence-electron chi connectivity index (χ4n) is 3.96. The van der Waals surface area contributed by atoms with Crippen LogP contribution in [0.2, 0.25) is 0 Å². The number of nitrogens with zero attached hydrogens (tertiary/aromatic N) is 1. The van der Waals surface area contributed by atoms with Gasteiger partial charge in [-0.25, -0.2) is 0 Å². The van der Waals surface area contributed by atoms with Crippen LogP contribution in [0.1, 0.15) is 55.8 Å². The molecule has 3 atom stereocenters. The van der Waals surface area contributed by atoms with Crippen molar-refractivity contribution in [3.63, 3.8) is 0 Å². The molecule has 152 valence electrons. The smallest absolute Gasteiger partial charge is 0.251 e. The second-order valence-electron chi connectivity index (χ2n) is 7.68. The molecule has 0 saturated heterocycles. The Morgan fingerprint density at radius 3 is 2.79 bits per heavy atom. The molecule has 0 unspecified atom stereocenters. The zero-order valence-corrected chi connectivity index (χ0v) is 16.3. The lowest BCUT2D eigenvalue weighted by Crippen LogP contribution is -2.40. The average molecular weight is 387 g/mol. The van der Waals surface area contributed by atoms with Crippen molar-refractivity contribution in [2.45, 2.75) is 64.1 Å². The summed E-state index contributed by atoms with van der Waals surface area (Å²) in [5.74, 6) is -0.803. The molecule has 0 radical (unpaired) electrons. The van der Waals surface area contributed by atoms with Crippen molar-refractivity contribution >= 4 is 11.8 Å². The number of carbonyl (C=O) groups is 2. The van der Waals surface area contributed by atoms with Gasteiger partial charge < -0.3 is 20.3 Å². The lowest BCUT2D eigenvalue weighted by molar-refractivity contribution is -0.124. The molecular formula is C21H29N3O4. The molecule has 0 spiro atoms. The molecule has 3 N–H and O–H groups in total. The van der Waals surface area contributed by atoms with Crippen LogP contribution in [0.5, 0.6) is 0 Å². The Morgan fingerprint density at radius 2 is 2.11 bits per heavy atom. The Hall–Kier alpha value is -2.41. The van der Waals surface area contributed by atoms with Crippen LogP contribution >= 0.6 is 0 Å². The first-order valence-electron chi connectivity index (χ1n) is 10.1. The van der Waals surface area contributed by atoms with E-state index in [1.54, 1.807) is 12.3 Å². The van der Waals surface area contributed by atoms with Crippen molar-refractivity contribution < 1.29 is 14.7 Å². The molecule has 2 amide bonds. The van der Waals surface area contributed by atoms with E-state index >= 15 is 0 Å². The number of aromatic nitrogens is 1. The van der Waals surface area contributed by atoms with E-state index in [9.17, 15) is 19.5 Å². The number of amides is 2. The topological polar surface area (TPSA) is 100 Å². The molecule has 7 nitrogen and oxygen atoms in total. The molecular weight excluding hydrogens is 358 g/mol. The molecule has 0 bridgehead atoms. The highest BCUT2D eigenvalue weighted by Gasteiger charge is 2.37. The van der Waals surface area contributed by atoms with Crippen LogP contribution in [-0.4, -0.2) is 40.2 Å². The summed E-state index contributed by atoms with van der Waals surface area (Å²) >= 11 is 0. The summed E-state index contributed by atoms with van der Waals surface area (Å²) in [5.41, 5.74) is 1.29. The van der Waals surface area contributed by atoms with Crippen LogP contribution in [0.25, 0.3) is 0 Å². The summed E-state index contributed by atoms with van der Waals surface area (Å²) < 4.78 is 1.50. The van der Waals surface area contributed by atoms with E-state index in [0.29, 0.717) is 25.9 Å². The predicted molar refractivity (Wildman–Crippen MR) is 106 cm³/mol. The normalized spacial score (nSPS) is 24.5. The first kappa shape index (κ1) is 20.3. The Labute approximate surface area is 164 Å². The first-order valence-corrected chi connectivity index (χ1v) is 10.1. The minimum Gasteiger partial charge on any atom is -0.391 e. The van der Waals surface area contributed by atoms with Crippen LogP contribution < -0.4 is 16.2 Å². The van der Waals surface area contributed by atoms with E-state index in [-0.39, 0.29) is 22.9 Å². The number of hydrogen-bond acceptors (Lipinski definition) is 4. The summed E-state index contributed by atoms with van der Waals surface area (Å²) in [7, 11) is 0. The number of aryl methyl sites for hydroxylation is 1. The fraction of sp³-hybridized carbons (Fsp3) is 0.571. The lowest BCUT2D eigenvalue weighted by Gasteiger charge is -2.17. The SMILES string of the molecule is CCn1ccc(C(=O)N[C@H]2C[C@H](C(=O)NCC3=CCCCC3)C[C@@H]2O)cc1=O. The zero-order chi connectivity index (χ0) is 20.1. The molecule has 0 aromatic carbocycles. The van der Waals surface area contributed by atoms with Gasteiger partial charge in [-0.2, -0.15) is 0 Å². The Bertz CT molecular complexity index is 814. The van der Waals surface area contributed by atoms with Gasteiger partial charge in [-0.15, -0.1) is 0 Å². The maximum Gasteiger partial charge on any atom is 0.251 e. The second kappa shape index (κ2) is 9.19. The van der Waals surface area contributed by atoms with Gasteiger partial charge in [0.15, 0.2) is 0 Å². The van der Waals surface area contributed by atoms with E-state index < -0.39 is 18.1 Å². The molecule has 3 rings (SSSR count). The number of rotatable bonds is 6. The van der Waals surface area contributed by atoms with Crippen molar-refractivity contribution in [2.24, 2.45) is 5.92 Å². The maximum atomic E-state index is 12.4. The molecule has 7 heteroatoms. The van der Waals surface area contributed by atoms with Gasteiger partial charge in [0.05, 0.1) is 12.1 Å².